The Morgan fingerprint density at radius 3 is 3.00 bits per heavy atom. The van der Waals surface area contributed by atoms with Crippen molar-refractivity contribution in [2.24, 2.45) is 0 Å². The lowest BCUT2D eigenvalue weighted by Crippen LogP contribution is -2.24. The van der Waals surface area contributed by atoms with Gasteiger partial charge in [0, 0.05) is 10.4 Å². The third kappa shape index (κ3) is 1.35. The summed E-state index contributed by atoms with van der Waals surface area (Å²) in [5.41, 5.74) is 2.18. The number of halogens is 2. The fourth-order valence-electron chi connectivity index (χ4n) is 1.31. The number of hydrogen-bond acceptors (Lipinski definition) is 1. The molecule has 1 aliphatic rings. The highest BCUT2D eigenvalue weighted by molar-refractivity contribution is 8.15. The molecule has 4 heteroatoms. The van der Waals surface area contributed by atoms with Crippen molar-refractivity contribution in [1.82, 2.24) is 0 Å². The summed E-state index contributed by atoms with van der Waals surface area (Å²) < 4.78 is 25.0. The van der Waals surface area contributed by atoms with Gasteiger partial charge in [0.25, 0.3) is 0 Å². The fraction of sp³-hybridized carbons (Fsp3) is 0.222. The number of alkyl halides is 2. The standard InChI is InChI=1S/C9H8F2NS/c1-13-6-12(9(10)11)7-4-2-3-5-8(7)13/h2,4-6,9H,1H3. The molecule has 1 atom stereocenters. The monoisotopic (exact) mass is 200 g/mol. The van der Waals surface area contributed by atoms with Gasteiger partial charge in [-0.05, 0) is 24.5 Å². The van der Waals surface area contributed by atoms with E-state index < -0.39 is 6.55 Å². The molecule has 1 radical (unpaired) electrons. The summed E-state index contributed by atoms with van der Waals surface area (Å²) in [4.78, 5) is 1.97. The van der Waals surface area contributed by atoms with Crippen LogP contribution < -0.4 is 4.90 Å². The van der Waals surface area contributed by atoms with Crippen molar-refractivity contribution in [1.29, 1.82) is 0 Å². The zero-order valence-electron chi connectivity index (χ0n) is 7.00. The summed E-state index contributed by atoms with van der Waals surface area (Å²) in [6.07, 6.45) is 1.93. The molecule has 0 bridgehead atoms. The average Bonchev–Trinajstić information content (AvgIpc) is 2.45. The van der Waals surface area contributed by atoms with Crippen LogP contribution in [0.4, 0.5) is 14.5 Å². The lowest BCUT2D eigenvalue weighted by molar-refractivity contribution is 0.160. The Labute approximate surface area is 77.9 Å². The smallest absolute Gasteiger partial charge is 0.285 e. The minimum absolute atomic E-state index is 0.209. The van der Waals surface area contributed by atoms with Gasteiger partial charge < -0.3 is 0 Å². The van der Waals surface area contributed by atoms with Gasteiger partial charge >= 0.3 is 6.55 Å². The second-order valence-electron chi connectivity index (χ2n) is 2.74. The van der Waals surface area contributed by atoms with Crippen LogP contribution in [0.1, 0.15) is 0 Å². The third-order valence-electron chi connectivity index (χ3n) is 1.91. The lowest BCUT2D eigenvalue weighted by Gasteiger charge is -2.14. The van der Waals surface area contributed by atoms with E-state index in [0.29, 0.717) is 5.69 Å². The molecule has 1 aromatic carbocycles. The Hall–Kier alpha value is -0.900. The molecule has 1 aliphatic heterocycles. The first kappa shape index (κ1) is 8.69. The van der Waals surface area contributed by atoms with Crippen LogP contribution >= 0.6 is 10.5 Å². The Morgan fingerprint density at radius 1 is 1.54 bits per heavy atom. The van der Waals surface area contributed by atoms with Gasteiger partial charge in [-0.15, -0.1) is 10.5 Å². The van der Waals surface area contributed by atoms with Crippen molar-refractivity contribution in [3.8, 4) is 0 Å². The van der Waals surface area contributed by atoms with E-state index in [-0.39, 0.29) is 10.5 Å². The highest BCUT2D eigenvalue weighted by Gasteiger charge is 2.23. The molecule has 0 spiro atoms. The van der Waals surface area contributed by atoms with Crippen molar-refractivity contribution in [2.75, 3.05) is 11.2 Å². The molecular formula is C9H8F2NS. The van der Waals surface area contributed by atoms with E-state index in [4.69, 9.17) is 0 Å². The maximum atomic E-state index is 12.5. The van der Waals surface area contributed by atoms with Crippen molar-refractivity contribution < 1.29 is 8.78 Å². The minimum atomic E-state index is -2.45. The number of hydrogen-bond donors (Lipinski definition) is 0. The van der Waals surface area contributed by atoms with E-state index in [1.54, 1.807) is 23.7 Å². The van der Waals surface area contributed by atoms with E-state index in [0.717, 1.165) is 9.80 Å². The first-order valence-corrected chi connectivity index (χ1v) is 5.46. The van der Waals surface area contributed by atoms with Gasteiger partial charge in [-0.25, -0.2) is 0 Å². The van der Waals surface area contributed by atoms with E-state index >= 15 is 0 Å². The molecular weight excluding hydrogens is 192 g/mol. The van der Waals surface area contributed by atoms with Gasteiger partial charge in [-0.1, -0.05) is 6.07 Å². The summed E-state index contributed by atoms with van der Waals surface area (Å²) >= 11 is 0. The number of anilines is 1. The van der Waals surface area contributed by atoms with E-state index in [1.165, 1.54) is 0 Å². The zero-order valence-corrected chi connectivity index (χ0v) is 7.81. The Bertz CT molecular complexity index is 362. The molecule has 0 aliphatic carbocycles. The van der Waals surface area contributed by atoms with Crippen LogP contribution in [0.25, 0.3) is 0 Å². The summed E-state index contributed by atoms with van der Waals surface area (Å²) in [6, 6.07) is 8.01. The van der Waals surface area contributed by atoms with Crippen molar-refractivity contribution in [3.63, 3.8) is 0 Å². The van der Waals surface area contributed by atoms with Crippen molar-refractivity contribution in [3.05, 3.63) is 24.3 Å². The second-order valence-corrected chi connectivity index (χ2v) is 4.51. The Kier molecular flexibility index (Phi) is 2.07. The summed E-state index contributed by atoms with van der Waals surface area (Å²) in [7, 11) is -0.209. The maximum Gasteiger partial charge on any atom is 0.319 e. The topological polar surface area (TPSA) is 3.24 Å². The predicted octanol–water partition coefficient (Wildman–Crippen LogP) is 2.55. The summed E-state index contributed by atoms with van der Waals surface area (Å²) in [6.45, 7) is -2.45. The lowest BCUT2D eigenvalue weighted by atomic mass is 10.3. The van der Waals surface area contributed by atoms with Crippen molar-refractivity contribution >= 4 is 21.7 Å². The van der Waals surface area contributed by atoms with Crippen LogP contribution in [0.3, 0.4) is 0 Å². The molecule has 1 unspecified atom stereocenters. The fourth-order valence-corrected chi connectivity index (χ4v) is 2.73. The molecule has 0 N–H and O–H groups in total. The number of nitrogens with zero attached hydrogens (tertiary/aromatic N) is 1. The van der Waals surface area contributed by atoms with Gasteiger partial charge in [0.2, 0.25) is 0 Å². The summed E-state index contributed by atoms with van der Waals surface area (Å²) in [5.74, 6) is 0. The van der Waals surface area contributed by atoms with E-state index in [9.17, 15) is 8.78 Å². The second kappa shape index (κ2) is 3.10. The predicted molar refractivity (Wildman–Crippen MR) is 51.6 cm³/mol. The molecule has 0 fully saturated rings. The molecule has 1 aromatic rings. The highest BCUT2D eigenvalue weighted by atomic mass is 32.2. The molecule has 0 saturated carbocycles. The van der Waals surface area contributed by atoms with Crippen LogP contribution in [0.15, 0.2) is 23.1 Å². The van der Waals surface area contributed by atoms with Crippen LogP contribution in [0.2, 0.25) is 0 Å². The average molecular weight is 200 g/mol. The Balaban J connectivity index is 2.50. The number of benzene rings is 1. The molecule has 1 nitrogen and oxygen atoms in total. The minimum Gasteiger partial charge on any atom is -0.285 e. The van der Waals surface area contributed by atoms with Gasteiger partial charge in [0.05, 0.1) is 5.69 Å². The summed E-state index contributed by atoms with van der Waals surface area (Å²) in [5, 5.41) is 0. The van der Waals surface area contributed by atoms with Gasteiger partial charge in [0.15, 0.2) is 0 Å². The van der Waals surface area contributed by atoms with Crippen LogP contribution in [-0.4, -0.2) is 18.3 Å². The molecule has 2 rings (SSSR count). The largest absolute Gasteiger partial charge is 0.319 e. The Morgan fingerprint density at radius 2 is 2.31 bits per heavy atom. The molecule has 13 heavy (non-hydrogen) atoms. The third-order valence-corrected chi connectivity index (χ3v) is 3.48. The SMILES string of the molecule is CS1=CN(C(F)F)c2cc[c]cc21. The quantitative estimate of drug-likeness (QED) is 0.497. The molecule has 0 amide bonds. The van der Waals surface area contributed by atoms with Crippen LogP contribution in [0, 0.1) is 6.07 Å². The molecule has 1 heterocycles. The normalized spacial score (nSPS) is 20.3. The first-order valence-electron chi connectivity index (χ1n) is 3.76. The molecule has 0 saturated heterocycles. The van der Waals surface area contributed by atoms with Gasteiger partial charge in [-0.3, -0.25) is 4.90 Å². The van der Waals surface area contributed by atoms with Gasteiger partial charge in [0.1, 0.15) is 0 Å². The molecule has 69 valence electrons. The van der Waals surface area contributed by atoms with E-state index in [1.807, 2.05) is 6.26 Å². The molecule has 0 aromatic heterocycles. The van der Waals surface area contributed by atoms with Crippen LogP contribution in [-0.2, 0) is 0 Å². The first-order chi connectivity index (χ1) is 6.20. The van der Waals surface area contributed by atoms with E-state index in [2.05, 4.69) is 6.07 Å². The number of rotatable bonds is 1. The number of fused-ring (bicyclic) bond motifs is 1. The zero-order chi connectivity index (χ0) is 9.42. The maximum absolute atomic E-state index is 12.5. The van der Waals surface area contributed by atoms with Crippen molar-refractivity contribution in [2.45, 2.75) is 11.4 Å². The van der Waals surface area contributed by atoms with Gasteiger partial charge in [-0.2, -0.15) is 8.78 Å². The van der Waals surface area contributed by atoms with Crippen LogP contribution in [0.5, 0.6) is 0 Å². The highest BCUT2D eigenvalue weighted by Crippen LogP contribution is 2.39.